The van der Waals surface area contributed by atoms with Gasteiger partial charge in [-0.05, 0) is 58.7 Å². The highest BCUT2D eigenvalue weighted by Crippen LogP contribution is 2.37. The predicted octanol–water partition coefficient (Wildman–Crippen LogP) is 6.20. The summed E-state index contributed by atoms with van der Waals surface area (Å²) in [6.07, 6.45) is 0. The molecule has 0 spiro atoms. The maximum absolute atomic E-state index is 6.23. The molecule has 0 saturated carbocycles. The smallest absolute Gasteiger partial charge is 0.175 e. The Hall–Kier alpha value is -2.21. The van der Waals surface area contributed by atoms with Crippen LogP contribution in [0, 0.1) is 0 Å². The van der Waals surface area contributed by atoms with Crippen LogP contribution in [0.15, 0.2) is 71.2 Å². The highest BCUT2D eigenvalue weighted by molar-refractivity contribution is 9.10. The van der Waals surface area contributed by atoms with Crippen LogP contribution in [0.25, 0.3) is 0 Å². The van der Waals surface area contributed by atoms with Crippen molar-refractivity contribution >= 4 is 33.2 Å². The lowest BCUT2D eigenvalue weighted by molar-refractivity contribution is 0.267. The molecule has 4 nitrogen and oxygen atoms in total. The third-order valence-electron chi connectivity index (χ3n) is 4.00. The fourth-order valence-electron chi connectivity index (χ4n) is 2.66. The van der Waals surface area contributed by atoms with Gasteiger partial charge in [-0.25, -0.2) is 5.43 Å². The summed E-state index contributed by atoms with van der Waals surface area (Å²) >= 11 is 9.84. The van der Waals surface area contributed by atoms with E-state index in [0.29, 0.717) is 36.3 Å². The van der Waals surface area contributed by atoms with Crippen LogP contribution >= 0.6 is 27.5 Å². The molecular weight excluding hydrogens is 440 g/mol. The number of benzene rings is 3. The first kappa shape index (κ1) is 20.5. The van der Waals surface area contributed by atoms with Crippen LogP contribution in [-0.2, 0) is 13.2 Å². The topological polar surface area (TPSA) is 42.5 Å². The van der Waals surface area contributed by atoms with Gasteiger partial charge in [-0.3, -0.25) is 0 Å². The zero-order chi connectivity index (χ0) is 19.8. The Morgan fingerprint density at radius 2 is 1.71 bits per heavy atom. The largest absolute Gasteiger partial charge is 0.490 e. The minimum Gasteiger partial charge on any atom is -0.490 e. The first-order valence-corrected chi connectivity index (χ1v) is 10.2. The van der Waals surface area contributed by atoms with E-state index in [2.05, 4.69) is 26.8 Å². The van der Waals surface area contributed by atoms with Crippen molar-refractivity contribution in [2.75, 3.05) is 12.0 Å². The van der Waals surface area contributed by atoms with Crippen molar-refractivity contribution < 1.29 is 9.47 Å². The van der Waals surface area contributed by atoms with Crippen LogP contribution in [0.4, 0.5) is 5.69 Å². The molecule has 0 amide bonds. The summed E-state index contributed by atoms with van der Waals surface area (Å²) < 4.78 is 12.7. The number of hydrogen-bond donors (Lipinski definition) is 2. The summed E-state index contributed by atoms with van der Waals surface area (Å²) in [6, 6.07) is 21.6. The number of rotatable bonds is 9. The minimum absolute atomic E-state index is 0.367. The van der Waals surface area contributed by atoms with Crippen LogP contribution in [0.1, 0.15) is 18.1 Å². The van der Waals surface area contributed by atoms with Gasteiger partial charge in [0, 0.05) is 22.8 Å². The van der Waals surface area contributed by atoms with Gasteiger partial charge in [0.1, 0.15) is 6.61 Å². The molecule has 0 aliphatic rings. The van der Waals surface area contributed by atoms with Crippen LogP contribution in [0.2, 0.25) is 5.02 Å². The summed E-state index contributed by atoms with van der Waals surface area (Å²) in [5.74, 6) is 1.36. The number of hydrazine groups is 1. The first-order chi connectivity index (χ1) is 13.7. The second kappa shape index (κ2) is 10.4. The molecule has 0 unspecified atom stereocenters. The van der Waals surface area contributed by atoms with E-state index in [1.807, 2.05) is 73.7 Å². The quantitative estimate of drug-likeness (QED) is 0.372. The molecule has 3 aromatic carbocycles. The van der Waals surface area contributed by atoms with E-state index in [-0.39, 0.29) is 0 Å². The van der Waals surface area contributed by atoms with Gasteiger partial charge in [0.25, 0.3) is 0 Å². The number of halogens is 2. The van der Waals surface area contributed by atoms with Crippen molar-refractivity contribution in [3.8, 4) is 11.5 Å². The summed E-state index contributed by atoms with van der Waals surface area (Å²) in [4.78, 5) is 0. The maximum atomic E-state index is 6.23. The number of hydrogen-bond acceptors (Lipinski definition) is 4. The third-order valence-corrected chi connectivity index (χ3v) is 4.96. The van der Waals surface area contributed by atoms with E-state index >= 15 is 0 Å². The first-order valence-electron chi connectivity index (χ1n) is 9.02. The van der Waals surface area contributed by atoms with Crippen LogP contribution < -0.4 is 20.3 Å². The Morgan fingerprint density at radius 1 is 0.964 bits per heavy atom. The molecule has 0 heterocycles. The van der Waals surface area contributed by atoms with Gasteiger partial charge < -0.3 is 14.9 Å². The molecule has 0 atom stereocenters. The summed E-state index contributed by atoms with van der Waals surface area (Å²) in [6.45, 7) is 3.49. The van der Waals surface area contributed by atoms with E-state index in [4.69, 9.17) is 21.1 Å². The highest BCUT2D eigenvalue weighted by Gasteiger charge is 2.13. The van der Waals surface area contributed by atoms with Crippen LogP contribution in [-0.4, -0.2) is 6.61 Å². The Bertz CT molecular complexity index is 906. The number of anilines is 1. The summed E-state index contributed by atoms with van der Waals surface area (Å²) in [7, 11) is 0. The Kier molecular flexibility index (Phi) is 7.60. The second-order valence-electron chi connectivity index (χ2n) is 6.06. The van der Waals surface area contributed by atoms with Gasteiger partial charge in [0.15, 0.2) is 11.5 Å². The minimum atomic E-state index is 0.367. The van der Waals surface area contributed by atoms with Crippen molar-refractivity contribution in [3.05, 3.63) is 87.4 Å². The van der Waals surface area contributed by atoms with Gasteiger partial charge in [0.2, 0.25) is 0 Å². The Morgan fingerprint density at radius 3 is 2.46 bits per heavy atom. The van der Waals surface area contributed by atoms with Crippen molar-refractivity contribution in [2.24, 2.45) is 0 Å². The van der Waals surface area contributed by atoms with Crippen LogP contribution in [0.5, 0.6) is 11.5 Å². The van der Waals surface area contributed by atoms with Crippen molar-refractivity contribution in [1.82, 2.24) is 5.43 Å². The van der Waals surface area contributed by atoms with E-state index in [1.165, 1.54) is 0 Å². The average Bonchev–Trinajstić information content (AvgIpc) is 2.70. The molecule has 6 heteroatoms. The van der Waals surface area contributed by atoms with Crippen LogP contribution in [0.3, 0.4) is 0 Å². The van der Waals surface area contributed by atoms with E-state index in [0.717, 1.165) is 21.3 Å². The fraction of sp³-hybridized carbons (Fsp3) is 0.182. The lowest BCUT2D eigenvalue weighted by Gasteiger charge is -2.16. The average molecular weight is 462 g/mol. The molecule has 0 aromatic heterocycles. The lowest BCUT2D eigenvalue weighted by Crippen LogP contribution is -2.20. The van der Waals surface area contributed by atoms with Gasteiger partial charge in [-0.2, -0.15) is 0 Å². The zero-order valence-electron chi connectivity index (χ0n) is 15.5. The molecule has 0 aliphatic carbocycles. The molecular formula is C22H22BrClN2O2. The fourth-order valence-corrected chi connectivity index (χ4v) is 3.46. The second-order valence-corrected chi connectivity index (χ2v) is 7.32. The van der Waals surface area contributed by atoms with Gasteiger partial charge in [-0.1, -0.05) is 48.0 Å². The lowest BCUT2D eigenvalue weighted by atomic mass is 10.2. The van der Waals surface area contributed by atoms with Crippen molar-refractivity contribution in [2.45, 2.75) is 20.1 Å². The highest BCUT2D eigenvalue weighted by atomic mass is 79.9. The molecule has 0 bridgehead atoms. The molecule has 0 fully saturated rings. The number of para-hydroxylation sites is 1. The normalized spacial score (nSPS) is 10.5. The van der Waals surface area contributed by atoms with Gasteiger partial charge in [-0.15, -0.1) is 0 Å². The van der Waals surface area contributed by atoms with E-state index in [1.54, 1.807) is 0 Å². The molecule has 3 aromatic rings. The maximum Gasteiger partial charge on any atom is 0.175 e. The number of nitrogens with one attached hydrogen (secondary N) is 2. The Labute approximate surface area is 178 Å². The van der Waals surface area contributed by atoms with Gasteiger partial charge >= 0.3 is 0 Å². The molecule has 3 rings (SSSR count). The molecule has 0 aliphatic heterocycles. The van der Waals surface area contributed by atoms with E-state index in [9.17, 15) is 0 Å². The molecule has 28 heavy (non-hydrogen) atoms. The molecule has 0 saturated heterocycles. The van der Waals surface area contributed by atoms with E-state index < -0.39 is 0 Å². The standard InChI is InChI=1S/C22H22BrClN2O2/c1-2-27-21-13-16(14-25-26-18-9-4-3-5-10-18)12-19(23)22(21)28-15-17-8-6-7-11-20(17)24/h3-13,25-26H,2,14-15H2,1H3. The van der Waals surface area contributed by atoms with Gasteiger partial charge in [0.05, 0.1) is 11.1 Å². The zero-order valence-corrected chi connectivity index (χ0v) is 17.9. The Balaban J connectivity index is 1.69. The molecule has 146 valence electrons. The predicted molar refractivity (Wildman–Crippen MR) is 118 cm³/mol. The summed E-state index contributed by atoms with van der Waals surface area (Å²) in [5, 5.41) is 0.685. The molecule has 2 N–H and O–H groups in total. The third kappa shape index (κ3) is 5.64. The number of ether oxygens (including phenoxy) is 2. The SMILES string of the molecule is CCOc1cc(CNNc2ccccc2)cc(Br)c1OCc1ccccc1Cl. The molecule has 0 radical (unpaired) electrons. The van der Waals surface area contributed by atoms with Crippen molar-refractivity contribution in [1.29, 1.82) is 0 Å². The summed E-state index contributed by atoms with van der Waals surface area (Å²) in [5.41, 5.74) is 9.39. The van der Waals surface area contributed by atoms with Crippen molar-refractivity contribution in [3.63, 3.8) is 0 Å². The monoisotopic (exact) mass is 460 g/mol.